The molecule has 0 aliphatic carbocycles. The van der Waals surface area contributed by atoms with Gasteiger partial charge in [0.25, 0.3) is 0 Å². The second-order valence-corrected chi connectivity index (χ2v) is 4.10. The van der Waals surface area contributed by atoms with Crippen molar-refractivity contribution in [1.82, 2.24) is 4.90 Å². The Kier molecular flexibility index (Phi) is 11.7. The molecular weight excluding hydrogens is 246 g/mol. The van der Waals surface area contributed by atoms with Crippen LogP contribution in [0, 0.1) is 0 Å². The van der Waals surface area contributed by atoms with Gasteiger partial charge in [-0.1, -0.05) is 22.4 Å². The Morgan fingerprint density at radius 3 is 2.50 bits per heavy atom. The Morgan fingerprint density at radius 2 is 1.93 bits per heavy atom. The van der Waals surface area contributed by atoms with Crippen molar-refractivity contribution in [2.75, 3.05) is 45.3 Å². The number of unbranched alkanes of at least 4 members (excludes halogenated alkanes) is 2. The fraction of sp³-hybridized carbons (Fsp3) is 1.00. The number of nitrogens with zero attached hydrogens (tertiary/aromatic N) is 1. The highest BCUT2D eigenvalue weighted by atomic mass is 79.9. The Morgan fingerprint density at radius 1 is 1.14 bits per heavy atom. The normalized spacial score (nSPS) is 11.1. The first-order chi connectivity index (χ1) is 6.85. The Hall–Kier alpha value is 0.360. The summed E-state index contributed by atoms with van der Waals surface area (Å²) in [7, 11) is 1.71. The van der Waals surface area contributed by atoms with Crippen LogP contribution in [0.5, 0.6) is 0 Å². The van der Waals surface area contributed by atoms with Gasteiger partial charge >= 0.3 is 0 Å². The van der Waals surface area contributed by atoms with Crippen molar-refractivity contribution in [2.24, 2.45) is 0 Å². The number of hydrogen-bond donors (Lipinski definition) is 1. The third-order valence-corrected chi connectivity index (χ3v) is 2.70. The molecule has 0 radical (unpaired) electrons. The molecule has 0 heterocycles. The SMILES string of the molecule is COCCN(CCO)CCCCCBr. The van der Waals surface area contributed by atoms with Crippen LogP contribution in [-0.2, 0) is 4.74 Å². The first-order valence-corrected chi connectivity index (χ1v) is 6.35. The standard InChI is InChI=1S/C10H22BrNO2/c1-14-10-8-12(7-9-13)6-4-2-3-5-11/h13H,2-10H2,1H3. The molecule has 0 atom stereocenters. The molecule has 0 aromatic heterocycles. The molecule has 14 heavy (non-hydrogen) atoms. The number of hydrogen-bond acceptors (Lipinski definition) is 3. The lowest BCUT2D eigenvalue weighted by Crippen LogP contribution is -2.31. The molecule has 0 amide bonds. The summed E-state index contributed by atoms with van der Waals surface area (Å²) in [5.74, 6) is 0. The summed E-state index contributed by atoms with van der Waals surface area (Å²) < 4.78 is 5.02. The fourth-order valence-corrected chi connectivity index (χ4v) is 1.70. The summed E-state index contributed by atoms with van der Waals surface area (Å²) in [4.78, 5) is 2.25. The Bertz CT molecular complexity index is 114. The molecule has 0 spiro atoms. The second kappa shape index (κ2) is 11.4. The van der Waals surface area contributed by atoms with Crippen LogP contribution in [0.1, 0.15) is 19.3 Å². The summed E-state index contributed by atoms with van der Waals surface area (Å²) in [6.45, 7) is 3.74. The summed E-state index contributed by atoms with van der Waals surface area (Å²) in [6, 6.07) is 0. The molecule has 0 aromatic carbocycles. The molecule has 0 rings (SSSR count). The van der Waals surface area contributed by atoms with Gasteiger partial charge in [0.2, 0.25) is 0 Å². The van der Waals surface area contributed by atoms with Crippen molar-refractivity contribution < 1.29 is 9.84 Å². The van der Waals surface area contributed by atoms with E-state index in [1.807, 2.05) is 0 Å². The molecule has 86 valence electrons. The van der Waals surface area contributed by atoms with Crippen LogP contribution in [0.15, 0.2) is 0 Å². The lowest BCUT2D eigenvalue weighted by molar-refractivity contribution is 0.129. The van der Waals surface area contributed by atoms with Crippen LogP contribution in [0.4, 0.5) is 0 Å². The van der Waals surface area contributed by atoms with Crippen molar-refractivity contribution in [2.45, 2.75) is 19.3 Å². The molecule has 1 N–H and O–H groups in total. The van der Waals surface area contributed by atoms with E-state index in [-0.39, 0.29) is 6.61 Å². The van der Waals surface area contributed by atoms with Gasteiger partial charge in [0.1, 0.15) is 0 Å². The summed E-state index contributed by atoms with van der Waals surface area (Å²) in [5, 5.41) is 9.94. The van der Waals surface area contributed by atoms with Gasteiger partial charge in [-0.15, -0.1) is 0 Å². The van der Waals surface area contributed by atoms with Gasteiger partial charge in [0.05, 0.1) is 13.2 Å². The zero-order valence-corrected chi connectivity index (χ0v) is 10.6. The number of alkyl halides is 1. The van der Waals surface area contributed by atoms with Crippen molar-refractivity contribution in [3.63, 3.8) is 0 Å². The van der Waals surface area contributed by atoms with Gasteiger partial charge in [-0.05, 0) is 19.4 Å². The topological polar surface area (TPSA) is 32.7 Å². The maximum absolute atomic E-state index is 8.85. The van der Waals surface area contributed by atoms with Crippen molar-refractivity contribution in [3.05, 3.63) is 0 Å². The Labute approximate surface area is 95.6 Å². The van der Waals surface area contributed by atoms with E-state index in [0.29, 0.717) is 0 Å². The number of halogens is 1. The van der Waals surface area contributed by atoms with E-state index in [9.17, 15) is 0 Å². The minimum absolute atomic E-state index is 0.238. The zero-order chi connectivity index (χ0) is 10.6. The minimum atomic E-state index is 0.238. The van der Waals surface area contributed by atoms with E-state index in [4.69, 9.17) is 9.84 Å². The third kappa shape index (κ3) is 8.94. The van der Waals surface area contributed by atoms with Crippen LogP contribution < -0.4 is 0 Å². The van der Waals surface area contributed by atoms with Gasteiger partial charge in [-0.2, -0.15) is 0 Å². The average molecular weight is 268 g/mol. The van der Waals surface area contributed by atoms with E-state index in [1.54, 1.807) is 7.11 Å². The second-order valence-electron chi connectivity index (χ2n) is 3.31. The smallest absolute Gasteiger partial charge is 0.0589 e. The molecule has 4 heteroatoms. The first kappa shape index (κ1) is 14.4. The molecule has 0 bridgehead atoms. The Balaban J connectivity index is 3.40. The number of rotatable bonds is 10. The quantitative estimate of drug-likeness (QED) is 0.481. The van der Waals surface area contributed by atoms with Gasteiger partial charge < -0.3 is 9.84 Å². The number of methoxy groups -OCH3 is 1. The van der Waals surface area contributed by atoms with E-state index in [0.717, 1.165) is 31.6 Å². The molecule has 0 saturated heterocycles. The van der Waals surface area contributed by atoms with Crippen LogP contribution in [0.25, 0.3) is 0 Å². The molecule has 3 nitrogen and oxygen atoms in total. The van der Waals surface area contributed by atoms with E-state index in [2.05, 4.69) is 20.8 Å². The molecule has 0 aromatic rings. The van der Waals surface area contributed by atoms with Gasteiger partial charge in [0, 0.05) is 25.5 Å². The first-order valence-electron chi connectivity index (χ1n) is 5.23. The molecule has 0 unspecified atom stereocenters. The van der Waals surface area contributed by atoms with Crippen LogP contribution in [0.2, 0.25) is 0 Å². The third-order valence-electron chi connectivity index (χ3n) is 2.14. The van der Waals surface area contributed by atoms with E-state index < -0.39 is 0 Å². The molecule has 0 aliphatic rings. The molecule has 0 saturated carbocycles. The molecular formula is C10H22BrNO2. The monoisotopic (exact) mass is 267 g/mol. The zero-order valence-electron chi connectivity index (χ0n) is 9.04. The largest absolute Gasteiger partial charge is 0.395 e. The van der Waals surface area contributed by atoms with E-state index >= 15 is 0 Å². The van der Waals surface area contributed by atoms with Crippen LogP contribution >= 0.6 is 15.9 Å². The van der Waals surface area contributed by atoms with Crippen molar-refractivity contribution in [3.8, 4) is 0 Å². The van der Waals surface area contributed by atoms with Gasteiger partial charge in [-0.25, -0.2) is 0 Å². The van der Waals surface area contributed by atoms with Gasteiger partial charge in [-0.3, -0.25) is 4.90 Å². The molecule has 0 fully saturated rings. The maximum atomic E-state index is 8.85. The summed E-state index contributed by atoms with van der Waals surface area (Å²) in [5.41, 5.74) is 0. The predicted molar refractivity (Wildman–Crippen MR) is 63.0 cm³/mol. The van der Waals surface area contributed by atoms with Gasteiger partial charge in [0.15, 0.2) is 0 Å². The summed E-state index contributed by atoms with van der Waals surface area (Å²) in [6.07, 6.45) is 3.69. The lowest BCUT2D eigenvalue weighted by atomic mass is 10.2. The number of ether oxygens (including phenoxy) is 1. The van der Waals surface area contributed by atoms with Crippen LogP contribution in [0.3, 0.4) is 0 Å². The summed E-state index contributed by atoms with van der Waals surface area (Å²) >= 11 is 3.42. The lowest BCUT2D eigenvalue weighted by Gasteiger charge is -2.20. The minimum Gasteiger partial charge on any atom is -0.395 e. The molecule has 0 aliphatic heterocycles. The van der Waals surface area contributed by atoms with Crippen LogP contribution in [-0.4, -0.2) is 55.3 Å². The highest BCUT2D eigenvalue weighted by molar-refractivity contribution is 9.09. The predicted octanol–water partition coefficient (Wildman–Crippen LogP) is 1.49. The highest BCUT2D eigenvalue weighted by Gasteiger charge is 2.02. The highest BCUT2D eigenvalue weighted by Crippen LogP contribution is 2.00. The van der Waals surface area contributed by atoms with E-state index in [1.165, 1.54) is 19.3 Å². The number of aliphatic hydroxyl groups is 1. The number of aliphatic hydroxyl groups excluding tert-OH is 1. The van der Waals surface area contributed by atoms with Crippen molar-refractivity contribution in [1.29, 1.82) is 0 Å². The fourth-order valence-electron chi connectivity index (χ4n) is 1.30. The van der Waals surface area contributed by atoms with Crippen molar-refractivity contribution >= 4 is 15.9 Å². The maximum Gasteiger partial charge on any atom is 0.0589 e. The average Bonchev–Trinajstić information content (AvgIpc) is 2.20.